The molecule has 1 fully saturated rings. The Morgan fingerprint density at radius 1 is 0.965 bits per heavy atom. The minimum atomic E-state index is -0.728. The predicted molar refractivity (Wildman–Crippen MR) is 214 cm³/mol. The van der Waals surface area contributed by atoms with Crippen LogP contribution in [0.2, 0.25) is 0 Å². The fourth-order valence-corrected chi connectivity index (χ4v) is 7.71. The largest absolute Gasteiger partial charge is 0.492 e. The summed E-state index contributed by atoms with van der Waals surface area (Å²) >= 11 is 0. The van der Waals surface area contributed by atoms with Crippen molar-refractivity contribution in [2.24, 2.45) is 0 Å². The average molecular weight is 782 g/mol. The number of hydroxylamine groups is 1. The van der Waals surface area contributed by atoms with Crippen LogP contribution in [0, 0.1) is 5.82 Å². The number of aromatic nitrogens is 5. The van der Waals surface area contributed by atoms with Crippen LogP contribution in [0.3, 0.4) is 0 Å². The molecule has 2 aromatic carbocycles. The third-order valence-electron chi connectivity index (χ3n) is 10.7. The van der Waals surface area contributed by atoms with Gasteiger partial charge in [-0.2, -0.15) is 5.10 Å². The molecule has 1 aliphatic carbocycles. The van der Waals surface area contributed by atoms with Crippen molar-refractivity contribution in [3.05, 3.63) is 89.5 Å². The summed E-state index contributed by atoms with van der Waals surface area (Å²) in [5, 5.41) is 17.6. The number of carbonyl (C=O) groups excluding carboxylic acids is 2. The van der Waals surface area contributed by atoms with Gasteiger partial charge in [0.2, 0.25) is 5.95 Å². The number of carbonyl (C=O) groups is 2. The minimum absolute atomic E-state index is 0.0230. The second-order valence-corrected chi connectivity index (χ2v) is 16.3. The Morgan fingerprint density at radius 3 is 2.42 bits per heavy atom. The number of nitrogens with one attached hydrogen (secondary N) is 1. The summed E-state index contributed by atoms with van der Waals surface area (Å²) in [4.78, 5) is 35.8. The van der Waals surface area contributed by atoms with Gasteiger partial charge in [-0.3, -0.25) is 9.20 Å². The molecule has 4 heterocycles. The first-order valence-corrected chi connectivity index (χ1v) is 19.6. The number of hydrogen-bond donors (Lipinski definition) is 1. The van der Waals surface area contributed by atoms with Gasteiger partial charge >= 0.3 is 12.5 Å². The van der Waals surface area contributed by atoms with E-state index < -0.39 is 23.3 Å². The lowest BCUT2D eigenvalue weighted by molar-refractivity contribution is -0.129. The standard InChI is InChI=1S/C42H52FN9O5/c1-27-11-10-12-28(2)50(27)40-46-45-38-20-16-30(25-49(38)40)57-36-19-18-34(31-13-8-9-14-32(31)36)44-41(54)52(56-26-53)39-24-37(42(3,4)5)47-51(39)35-23-29(15-17-33(35)43)55-22-21-48(6)7/h8-9,13-17,20,23-28,34,36H,10-12,18-19,21-22H2,1-7H3,(H,44,54)/t27-,28+,34-,36+/m0/s1. The Kier molecular flexibility index (Phi) is 11.4. The zero-order valence-corrected chi connectivity index (χ0v) is 33.7. The van der Waals surface area contributed by atoms with Crippen molar-refractivity contribution in [1.82, 2.24) is 34.6 Å². The molecule has 0 bridgehead atoms. The molecule has 0 spiro atoms. The molecule has 1 N–H and O–H groups in total. The molecule has 0 saturated carbocycles. The van der Waals surface area contributed by atoms with Crippen LogP contribution in [-0.2, 0) is 15.0 Å². The molecule has 2 aliphatic rings. The van der Waals surface area contributed by atoms with E-state index in [4.69, 9.17) is 19.4 Å². The van der Waals surface area contributed by atoms with E-state index in [9.17, 15) is 9.59 Å². The van der Waals surface area contributed by atoms with Crippen molar-refractivity contribution in [3.8, 4) is 17.2 Å². The molecule has 4 atom stereocenters. The van der Waals surface area contributed by atoms with Crippen LogP contribution < -0.4 is 24.8 Å². The van der Waals surface area contributed by atoms with Gasteiger partial charge in [0, 0.05) is 36.2 Å². The van der Waals surface area contributed by atoms with Crippen molar-refractivity contribution in [3.63, 3.8) is 0 Å². The van der Waals surface area contributed by atoms with Gasteiger partial charge in [0.05, 0.1) is 17.9 Å². The quantitative estimate of drug-likeness (QED) is 0.102. The Hall–Kier alpha value is -5.70. The maximum Gasteiger partial charge on any atom is 0.357 e. The van der Waals surface area contributed by atoms with Crippen molar-refractivity contribution < 1.29 is 28.3 Å². The zero-order chi connectivity index (χ0) is 40.4. The Labute approximate surface area is 332 Å². The van der Waals surface area contributed by atoms with Crippen LogP contribution in [0.4, 0.5) is 21.0 Å². The number of piperidine rings is 1. The number of hydrogen-bond acceptors (Lipinski definition) is 10. The minimum Gasteiger partial charge on any atom is -0.492 e. The summed E-state index contributed by atoms with van der Waals surface area (Å²) in [5.41, 5.74) is 2.61. The smallest absolute Gasteiger partial charge is 0.357 e. The van der Waals surface area contributed by atoms with Crippen LogP contribution in [0.25, 0.3) is 11.3 Å². The van der Waals surface area contributed by atoms with Gasteiger partial charge < -0.3 is 29.4 Å². The van der Waals surface area contributed by atoms with Crippen molar-refractivity contribution in [2.45, 2.75) is 96.4 Å². The number of halogens is 1. The topological polar surface area (TPSA) is 132 Å². The number of ether oxygens (including phenoxy) is 2. The van der Waals surface area contributed by atoms with Crippen molar-refractivity contribution in [1.29, 1.82) is 0 Å². The van der Waals surface area contributed by atoms with Gasteiger partial charge in [0.15, 0.2) is 11.5 Å². The van der Waals surface area contributed by atoms with Crippen molar-refractivity contribution >= 4 is 29.9 Å². The van der Waals surface area contributed by atoms with Gasteiger partial charge in [-0.25, -0.2) is 13.9 Å². The third-order valence-corrected chi connectivity index (χ3v) is 10.7. The van der Waals surface area contributed by atoms with Crippen molar-refractivity contribution in [2.75, 3.05) is 37.2 Å². The fraction of sp³-hybridized carbons (Fsp3) is 0.452. The lowest BCUT2D eigenvalue weighted by Gasteiger charge is -2.39. The first-order chi connectivity index (χ1) is 27.3. The lowest BCUT2D eigenvalue weighted by atomic mass is 9.85. The summed E-state index contributed by atoms with van der Waals surface area (Å²) in [6.45, 7) is 11.5. The van der Waals surface area contributed by atoms with Gasteiger partial charge in [-0.1, -0.05) is 45.0 Å². The first kappa shape index (κ1) is 39.5. The maximum atomic E-state index is 15.6. The average Bonchev–Trinajstić information content (AvgIpc) is 3.80. The first-order valence-electron chi connectivity index (χ1n) is 19.6. The molecule has 14 nitrogen and oxygen atoms in total. The fourth-order valence-electron chi connectivity index (χ4n) is 7.71. The number of likely N-dealkylation sites (N-methyl/N-ethyl adjacent to an activating group) is 1. The van der Waals surface area contributed by atoms with Gasteiger partial charge in [-0.15, -0.1) is 15.3 Å². The number of anilines is 2. The maximum absolute atomic E-state index is 15.6. The Balaban J connectivity index is 1.14. The summed E-state index contributed by atoms with van der Waals surface area (Å²) in [7, 11) is 3.86. The van der Waals surface area contributed by atoms with Crippen LogP contribution in [-0.4, -0.2) is 81.1 Å². The molecule has 1 saturated heterocycles. The normalized spacial score (nSPS) is 19.6. The molecular weight excluding hydrogens is 730 g/mol. The molecule has 1 aliphatic heterocycles. The number of nitrogens with zero attached hydrogens (tertiary/aromatic N) is 8. The molecule has 2 amide bonds. The summed E-state index contributed by atoms with van der Waals surface area (Å²) < 4.78 is 31.4. The Morgan fingerprint density at radius 2 is 1.70 bits per heavy atom. The van der Waals surface area contributed by atoms with Gasteiger partial charge in [0.25, 0.3) is 0 Å². The van der Waals surface area contributed by atoms with E-state index >= 15 is 4.39 Å². The number of fused-ring (bicyclic) bond motifs is 2. The molecule has 7 rings (SSSR count). The van der Waals surface area contributed by atoms with Gasteiger partial charge in [0.1, 0.15) is 35.7 Å². The van der Waals surface area contributed by atoms with Crippen LogP contribution in [0.1, 0.15) is 95.7 Å². The molecule has 0 radical (unpaired) electrons. The summed E-state index contributed by atoms with van der Waals surface area (Å²) in [6.07, 6.45) is 6.17. The molecule has 5 aromatic rings. The predicted octanol–water partition coefficient (Wildman–Crippen LogP) is 7.32. The highest BCUT2D eigenvalue weighted by molar-refractivity contribution is 5.90. The number of amides is 2. The van der Waals surface area contributed by atoms with Crippen LogP contribution in [0.5, 0.6) is 11.5 Å². The van der Waals surface area contributed by atoms with E-state index in [1.807, 2.05) is 86.8 Å². The van der Waals surface area contributed by atoms with E-state index in [0.29, 0.717) is 55.3 Å². The summed E-state index contributed by atoms with van der Waals surface area (Å²) in [6, 6.07) is 17.1. The van der Waals surface area contributed by atoms with E-state index in [0.717, 1.165) is 40.6 Å². The molecule has 15 heteroatoms. The SMILES string of the molecule is C[C@@H]1CCC[C@H](C)N1c1nnc2ccc(O[C@@H]3CC[C@H](NC(=O)N(OC=O)c4cc(C(C)(C)C)nn4-c4cc(OCCN(C)C)ccc4F)c4ccccc43)cn12. The zero-order valence-electron chi connectivity index (χ0n) is 33.7. The Bertz CT molecular complexity index is 2210. The molecule has 302 valence electrons. The molecule has 3 aromatic heterocycles. The molecule has 0 unspecified atom stereocenters. The highest BCUT2D eigenvalue weighted by Crippen LogP contribution is 2.40. The second kappa shape index (κ2) is 16.4. The number of rotatable bonds is 12. The number of pyridine rings is 1. The molecule has 57 heavy (non-hydrogen) atoms. The van der Waals surface area contributed by atoms with E-state index in [1.165, 1.54) is 29.3 Å². The van der Waals surface area contributed by atoms with Crippen LogP contribution >= 0.6 is 0 Å². The van der Waals surface area contributed by atoms with E-state index in [2.05, 4.69) is 34.3 Å². The highest BCUT2D eigenvalue weighted by atomic mass is 19.1. The number of benzene rings is 2. The van der Waals surface area contributed by atoms with E-state index in [-0.39, 0.29) is 24.1 Å². The van der Waals surface area contributed by atoms with Gasteiger partial charge in [-0.05, 0) is 95.4 Å². The van der Waals surface area contributed by atoms with Crippen LogP contribution in [0.15, 0.2) is 66.9 Å². The second-order valence-electron chi connectivity index (χ2n) is 16.3. The molecular formula is C42H52FN9O5. The number of urea groups is 1. The summed E-state index contributed by atoms with van der Waals surface area (Å²) in [5.74, 6) is 1.34. The monoisotopic (exact) mass is 781 g/mol. The highest BCUT2D eigenvalue weighted by Gasteiger charge is 2.34. The third kappa shape index (κ3) is 8.38. The lowest BCUT2D eigenvalue weighted by Crippen LogP contribution is -2.44. The van der Waals surface area contributed by atoms with E-state index in [1.54, 1.807) is 6.07 Å².